The predicted molar refractivity (Wildman–Crippen MR) is 187 cm³/mol. The van der Waals surface area contributed by atoms with Crippen LogP contribution in [0.3, 0.4) is 0 Å². The number of piperazine rings is 1. The molecule has 2 fully saturated rings. The summed E-state index contributed by atoms with van der Waals surface area (Å²) in [6.45, 7) is 9.84. The molecule has 3 heterocycles. The maximum absolute atomic E-state index is 13.8. The number of nitrogens with zero attached hydrogens (tertiary/aromatic N) is 6. The monoisotopic (exact) mass is 693 g/mol. The van der Waals surface area contributed by atoms with Crippen molar-refractivity contribution in [3.8, 4) is 11.4 Å². The van der Waals surface area contributed by atoms with E-state index in [1.165, 1.54) is 4.90 Å². The average molecular weight is 694 g/mol. The van der Waals surface area contributed by atoms with E-state index >= 15 is 0 Å². The fraction of sp³-hybridized carbons (Fsp3) is 0.583. The minimum absolute atomic E-state index is 0.0407. The average Bonchev–Trinajstić information content (AvgIpc) is 3.15. The van der Waals surface area contributed by atoms with E-state index < -0.39 is 29.9 Å². The van der Waals surface area contributed by atoms with Crippen LogP contribution in [0.2, 0.25) is 0 Å². The molecule has 0 spiro atoms. The summed E-state index contributed by atoms with van der Waals surface area (Å²) >= 11 is 0. The van der Waals surface area contributed by atoms with Crippen molar-refractivity contribution in [3.05, 3.63) is 42.1 Å². The fourth-order valence-electron chi connectivity index (χ4n) is 6.27. The van der Waals surface area contributed by atoms with Crippen molar-refractivity contribution >= 4 is 35.6 Å². The van der Waals surface area contributed by atoms with Crippen LogP contribution < -0.4 is 10.2 Å². The highest BCUT2D eigenvalue weighted by molar-refractivity contribution is 5.97. The number of carboxylic acids is 1. The number of rotatable bonds is 15. The number of anilines is 1. The Hall–Kier alpha value is -4.75. The number of carboxylic acid groups (broad SMARTS) is 1. The molecule has 2 aliphatic heterocycles. The summed E-state index contributed by atoms with van der Waals surface area (Å²) in [4.78, 5) is 80.8. The van der Waals surface area contributed by atoms with Crippen LogP contribution in [0.25, 0.3) is 11.4 Å². The smallest absolute Gasteiger partial charge is 0.409 e. The first kappa shape index (κ1) is 38.1. The molecule has 2 aliphatic rings. The molecule has 0 bridgehead atoms. The summed E-state index contributed by atoms with van der Waals surface area (Å²) < 4.78 is 5.35. The third-order valence-corrected chi connectivity index (χ3v) is 9.29. The molecule has 2 aromatic rings. The van der Waals surface area contributed by atoms with Gasteiger partial charge in [0, 0.05) is 76.3 Å². The molecule has 14 nitrogen and oxygen atoms in total. The summed E-state index contributed by atoms with van der Waals surface area (Å²) in [5, 5.41) is 12.2. The zero-order chi connectivity index (χ0) is 36.0. The van der Waals surface area contributed by atoms with E-state index in [0.29, 0.717) is 62.8 Å². The van der Waals surface area contributed by atoms with Gasteiger partial charge in [-0.2, -0.15) is 0 Å². The molecule has 4 rings (SSSR count). The number of hydrogen-bond acceptors (Lipinski definition) is 9. The lowest BCUT2D eigenvalue weighted by Crippen LogP contribution is -2.56. The van der Waals surface area contributed by atoms with Crippen LogP contribution >= 0.6 is 0 Å². The predicted octanol–water partition coefficient (Wildman–Crippen LogP) is 3.66. The standard InChI is InChI=1S/C36H51N7O7/c1-4-7-11-24-50-36(49)43-22-20-42(21-23-43)35(48)28(14-15-31(44)45)38-33(46)29-25-30(39-32(37-29)26-12-9-8-10-13-26)41-18-16-27(17-19-41)34(47)40(5-2)6-3/h8-10,12-13,25,27-28H,4-7,11,14-24H2,1-3H3,(H,38,46)(H,44,45)/t28-/m0/s1. The van der Waals surface area contributed by atoms with Crippen molar-refractivity contribution in [2.24, 2.45) is 5.92 Å². The van der Waals surface area contributed by atoms with E-state index in [-0.39, 0.29) is 56.5 Å². The molecule has 1 aromatic heterocycles. The largest absolute Gasteiger partial charge is 0.481 e. The Bertz CT molecular complexity index is 1450. The SMILES string of the molecule is CCCCCOC(=O)N1CCN(C(=O)[C@H](CCC(=O)O)NC(=O)c2cc(N3CCC(C(=O)N(CC)CC)CC3)nc(-c3ccccc3)n2)CC1. The van der Waals surface area contributed by atoms with Crippen LogP contribution in [0.4, 0.5) is 10.6 Å². The number of piperidine rings is 1. The van der Waals surface area contributed by atoms with Crippen LogP contribution in [0.5, 0.6) is 0 Å². The molecule has 0 aliphatic carbocycles. The van der Waals surface area contributed by atoms with Gasteiger partial charge in [0.2, 0.25) is 11.8 Å². The van der Waals surface area contributed by atoms with E-state index in [1.54, 1.807) is 11.0 Å². The van der Waals surface area contributed by atoms with Gasteiger partial charge in [-0.05, 0) is 39.5 Å². The van der Waals surface area contributed by atoms with E-state index in [9.17, 15) is 29.1 Å². The zero-order valence-corrected chi connectivity index (χ0v) is 29.5. The van der Waals surface area contributed by atoms with Gasteiger partial charge >= 0.3 is 12.1 Å². The van der Waals surface area contributed by atoms with E-state index in [4.69, 9.17) is 9.72 Å². The van der Waals surface area contributed by atoms with Crippen molar-refractivity contribution in [1.29, 1.82) is 0 Å². The van der Waals surface area contributed by atoms with Crippen LogP contribution in [0, 0.1) is 5.92 Å². The molecular formula is C36H51N7O7. The molecule has 14 heteroatoms. The minimum Gasteiger partial charge on any atom is -0.481 e. The number of carbonyl (C=O) groups excluding carboxylic acids is 4. The summed E-state index contributed by atoms with van der Waals surface area (Å²) in [6, 6.07) is 9.72. The quantitative estimate of drug-likeness (QED) is 0.263. The summed E-state index contributed by atoms with van der Waals surface area (Å²) in [5.74, 6) is -1.20. The number of amides is 4. The number of ether oxygens (including phenoxy) is 1. The first-order chi connectivity index (χ1) is 24.1. The Morgan fingerprint density at radius 1 is 0.920 bits per heavy atom. The molecule has 2 N–H and O–H groups in total. The molecule has 0 radical (unpaired) electrons. The van der Waals surface area contributed by atoms with Gasteiger partial charge in [0.15, 0.2) is 5.82 Å². The number of unbranched alkanes of at least 4 members (excludes halogenated alkanes) is 2. The molecule has 4 amide bonds. The summed E-state index contributed by atoms with van der Waals surface area (Å²) in [5.41, 5.74) is 0.745. The number of hydrogen-bond donors (Lipinski definition) is 2. The van der Waals surface area contributed by atoms with Gasteiger partial charge in [-0.3, -0.25) is 19.2 Å². The van der Waals surface area contributed by atoms with Gasteiger partial charge in [0.25, 0.3) is 5.91 Å². The third-order valence-electron chi connectivity index (χ3n) is 9.29. The van der Waals surface area contributed by atoms with E-state index in [0.717, 1.165) is 19.3 Å². The molecule has 0 unspecified atom stereocenters. The number of aliphatic carboxylic acids is 1. The topological polar surface area (TPSA) is 166 Å². The van der Waals surface area contributed by atoms with Crippen molar-refractivity contribution in [1.82, 2.24) is 30.0 Å². The molecule has 272 valence electrons. The van der Waals surface area contributed by atoms with Gasteiger partial charge in [-0.1, -0.05) is 50.1 Å². The second kappa shape index (κ2) is 18.9. The van der Waals surface area contributed by atoms with Crippen LogP contribution in [-0.4, -0.2) is 125 Å². The Morgan fingerprint density at radius 2 is 1.58 bits per heavy atom. The van der Waals surface area contributed by atoms with Gasteiger partial charge in [0.05, 0.1) is 6.61 Å². The molecule has 0 saturated carbocycles. The van der Waals surface area contributed by atoms with Gasteiger partial charge in [-0.25, -0.2) is 14.8 Å². The lowest BCUT2D eigenvalue weighted by Gasteiger charge is -2.36. The Kier molecular flexibility index (Phi) is 14.4. The lowest BCUT2D eigenvalue weighted by molar-refractivity contribution is -0.138. The van der Waals surface area contributed by atoms with Crippen molar-refractivity contribution in [2.45, 2.75) is 71.8 Å². The van der Waals surface area contributed by atoms with Crippen molar-refractivity contribution in [3.63, 3.8) is 0 Å². The lowest BCUT2D eigenvalue weighted by atomic mass is 9.95. The van der Waals surface area contributed by atoms with Crippen LogP contribution in [-0.2, 0) is 19.1 Å². The molecule has 1 aromatic carbocycles. The number of nitrogens with one attached hydrogen (secondary N) is 1. The van der Waals surface area contributed by atoms with Gasteiger partial charge in [-0.15, -0.1) is 0 Å². The minimum atomic E-state index is -1.12. The van der Waals surface area contributed by atoms with Crippen molar-refractivity contribution in [2.75, 3.05) is 63.9 Å². The number of benzene rings is 1. The first-order valence-corrected chi connectivity index (χ1v) is 17.9. The first-order valence-electron chi connectivity index (χ1n) is 17.9. The summed E-state index contributed by atoms with van der Waals surface area (Å²) in [7, 11) is 0. The number of carbonyl (C=O) groups is 5. The fourth-order valence-corrected chi connectivity index (χ4v) is 6.27. The maximum Gasteiger partial charge on any atom is 0.409 e. The van der Waals surface area contributed by atoms with Crippen LogP contribution in [0.15, 0.2) is 36.4 Å². The second-order valence-electron chi connectivity index (χ2n) is 12.7. The van der Waals surface area contributed by atoms with Gasteiger partial charge in [0.1, 0.15) is 17.6 Å². The Labute approximate surface area is 294 Å². The van der Waals surface area contributed by atoms with Crippen LogP contribution in [0.1, 0.15) is 76.2 Å². The third kappa shape index (κ3) is 10.4. The molecule has 50 heavy (non-hydrogen) atoms. The highest BCUT2D eigenvalue weighted by atomic mass is 16.6. The Morgan fingerprint density at radius 3 is 2.20 bits per heavy atom. The highest BCUT2D eigenvalue weighted by Gasteiger charge is 2.32. The van der Waals surface area contributed by atoms with Gasteiger partial charge < -0.3 is 34.8 Å². The van der Waals surface area contributed by atoms with Crippen molar-refractivity contribution < 1.29 is 33.8 Å². The molecular weight excluding hydrogens is 642 g/mol. The highest BCUT2D eigenvalue weighted by Crippen LogP contribution is 2.26. The maximum atomic E-state index is 13.8. The second-order valence-corrected chi connectivity index (χ2v) is 12.7. The van der Waals surface area contributed by atoms with E-state index in [2.05, 4.69) is 17.2 Å². The van der Waals surface area contributed by atoms with E-state index in [1.807, 2.05) is 54.0 Å². The normalized spacial score (nSPS) is 15.7. The summed E-state index contributed by atoms with van der Waals surface area (Å²) in [6.07, 6.45) is 3.23. The Balaban J connectivity index is 1.49. The molecule has 1 atom stereocenters. The zero-order valence-electron chi connectivity index (χ0n) is 29.5. The number of aromatic nitrogens is 2. The molecule has 2 saturated heterocycles.